The zero-order valence-electron chi connectivity index (χ0n) is 22.1. The summed E-state index contributed by atoms with van der Waals surface area (Å²) >= 11 is 5.79. The molecular formula is C27H31ClFN5O5. The number of H-pyrrole nitrogens is 1. The Labute approximate surface area is 229 Å². The number of halogens is 2. The van der Waals surface area contributed by atoms with Gasteiger partial charge >= 0.3 is 6.09 Å². The van der Waals surface area contributed by atoms with Gasteiger partial charge in [-0.25, -0.2) is 14.2 Å². The second-order valence-electron chi connectivity index (χ2n) is 10.4. The SMILES string of the molecule is CC(C)(C)OC(=O)N1CCC(CC(=O)NCc2nccc3c(=O)[nH]c(COc4ccc(F)c(Cl)c4)nc23)CC1. The molecule has 0 unspecified atom stereocenters. The summed E-state index contributed by atoms with van der Waals surface area (Å²) in [5.74, 6) is -0.00440. The summed E-state index contributed by atoms with van der Waals surface area (Å²) in [6.45, 7) is 6.58. The molecule has 1 saturated heterocycles. The topological polar surface area (TPSA) is 127 Å². The first-order valence-corrected chi connectivity index (χ1v) is 13.1. The molecule has 3 aromatic rings. The molecule has 39 heavy (non-hydrogen) atoms. The lowest BCUT2D eigenvalue weighted by molar-refractivity contribution is -0.122. The van der Waals surface area contributed by atoms with Crippen LogP contribution >= 0.6 is 11.6 Å². The van der Waals surface area contributed by atoms with Gasteiger partial charge in [0, 0.05) is 31.8 Å². The van der Waals surface area contributed by atoms with Crippen molar-refractivity contribution in [2.75, 3.05) is 13.1 Å². The molecular weight excluding hydrogens is 529 g/mol. The zero-order valence-corrected chi connectivity index (χ0v) is 22.8. The molecule has 2 N–H and O–H groups in total. The van der Waals surface area contributed by atoms with Gasteiger partial charge in [0.15, 0.2) is 0 Å². The number of carbonyl (C=O) groups excluding carboxylic acids is 2. The Bertz CT molecular complexity index is 1420. The van der Waals surface area contributed by atoms with E-state index in [0.29, 0.717) is 54.7 Å². The van der Waals surface area contributed by atoms with E-state index in [1.807, 2.05) is 20.8 Å². The van der Waals surface area contributed by atoms with Crippen LogP contribution < -0.4 is 15.6 Å². The Hall–Kier alpha value is -3.73. The Morgan fingerprint density at radius 2 is 1.97 bits per heavy atom. The van der Waals surface area contributed by atoms with Crippen LogP contribution in [0.4, 0.5) is 9.18 Å². The minimum atomic E-state index is -0.565. The van der Waals surface area contributed by atoms with Gasteiger partial charge in [0.25, 0.3) is 5.56 Å². The van der Waals surface area contributed by atoms with Crippen LogP contribution in [0.15, 0.2) is 35.3 Å². The maximum absolute atomic E-state index is 13.4. The third kappa shape index (κ3) is 7.66. The van der Waals surface area contributed by atoms with E-state index in [9.17, 15) is 18.8 Å². The number of amides is 2. The molecule has 3 heterocycles. The molecule has 208 valence electrons. The number of rotatable bonds is 7. The molecule has 0 spiro atoms. The second-order valence-corrected chi connectivity index (χ2v) is 10.8. The summed E-state index contributed by atoms with van der Waals surface area (Å²) in [7, 11) is 0. The van der Waals surface area contributed by atoms with Crippen molar-refractivity contribution in [2.24, 2.45) is 5.92 Å². The fraction of sp³-hybridized carbons (Fsp3) is 0.444. The highest BCUT2D eigenvalue weighted by Crippen LogP contribution is 2.23. The first-order chi connectivity index (χ1) is 18.5. The summed E-state index contributed by atoms with van der Waals surface area (Å²) in [4.78, 5) is 50.7. The lowest BCUT2D eigenvalue weighted by Crippen LogP contribution is -2.42. The standard InChI is InChI=1S/C27H31ClFN5O5/c1-27(2,3)39-26(37)34-10-7-16(8-11-34)12-23(35)31-14-21-24-18(6-9-30-21)25(36)33-22(32-24)15-38-17-4-5-20(29)19(28)13-17/h4-6,9,13,16H,7-8,10-12,14-15H2,1-3H3,(H,31,35)(H,32,33,36). The van der Waals surface area contributed by atoms with E-state index in [0.717, 1.165) is 0 Å². The van der Waals surface area contributed by atoms with Crippen LogP contribution in [-0.2, 0) is 22.7 Å². The zero-order chi connectivity index (χ0) is 28.2. The van der Waals surface area contributed by atoms with Gasteiger partial charge in [-0.1, -0.05) is 11.6 Å². The van der Waals surface area contributed by atoms with E-state index in [4.69, 9.17) is 21.1 Å². The van der Waals surface area contributed by atoms with Crippen molar-refractivity contribution in [3.8, 4) is 5.75 Å². The van der Waals surface area contributed by atoms with Gasteiger partial charge in [0.05, 0.1) is 22.6 Å². The van der Waals surface area contributed by atoms with Crippen molar-refractivity contribution in [1.29, 1.82) is 0 Å². The summed E-state index contributed by atoms with van der Waals surface area (Å²) < 4.78 is 24.4. The van der Waals surface area contributed by atoms with Crippen molar-refractivity contribution < 1.29 is 23.5 Å². The molecule has 0 aliphatic carbocycles. The lowest BCUT2D eigenvalue weighted by atomic mass is 9.93. The van der Waals surface area contributed by atoms with Crippen LogP contribution in [0.2, 0.25) is 5.02 Å². The molecule has 2 aromatic heterocycles. The first kappa shape index (κ1) is 28.3. The smallest absolute Gasteiger partial charge is 0.410 e. The largest absolute Gasteiger partial charge is 0.486 e. The number of pyridine rings is 1. The molecule has 0 saturated carbocycles. The van der Waals surface area contributed by atoms with Crippen molar-refractivity contribution >= 4 is 34.5 Å². The fourth-order valence-corrected chi connectivity index (χ4v) is 4.42. The molecule has 0 atom stereocenters. The highest BCUT2D eigenvalue weighted by molar-refractivity contribution is 6.30. The number of piperidine rings is 1. The third-order valence-corrected chi connectivity index (χ3v) is 6.50. The molecule has 1 aliphatic heterocycles. The molecule has 12 heteroatoms. The van der Waals surface area contributed by atoms with Gasteiger partial charge in [-0.2, -0.15) is 0 Å². The number of aromatic nitrogens is 3. The first-order valence-electron chi connectivity index (χ1n) is 12.7. The van der Waals surface area contributed by atoms with Crippen LogP contribution in [0.1, 0.15) is 51.6 Å². The molecule has 1 aromatic carbocycles. The number of ether oxygens (including phenoxy) is 2. The average Bonchev–Trinajstić information content (AvgIpc) is 2.87. The van der Waals surface area contributed by atoms with Crippen LogP contribution in [-0.4, -0.2) is 50.5 Å². The normalized spacial score (nSPS) is 14.3. The Kier molecular flexibility index (Phi) is 8.69. The summed E-state index contributed by atoms with van der Waals surface area (Å²) in [6, 6.07) is 5.49. The number of hydrogen-bond donors (Lipinski definition) is 2. The fourth-order valence-electron chi connectivity index (χ4n) is 4.25. The molecule has 2 amide bonds. The van der Waals surface area contributed by atoms with Crippen molar-refractivity contribution in [3.63, 3.8) is 0 Å². The van der Waals surface area contributed by atoms with Gasteiger partial charge < -0.3 is 24.7 Å². The van der Waals surface area contributed by atoms with E-state index in [1.165, 1.54) is 24.4 Å². The second kappa shape index (κ2) is 12.0. The third-order valence-electron chi connectivity index (χ3n) is 6.21. The molecule has 0 bridgehead atoms. The van der Waals surface area contributed by atoms with E-state index in [1.54, 1.807) is 11.0 Å². The Morgan fingerprint density at radius 3 is 2.67 bits per heavy atom. The van der Waals surface area contributed by atoms with Crippen LogP contribution in [0, 0.1) is 11.7 Å². The van der Waals surface area contributed by atoms with Gasteiger partial charge in [-0.3, -0.25) is 14.6 Å². The predicted molar refractivity (Wildman–Crippen MR) is 143 cm³/mol. The number of nitrogens with one attached hydrogen (secondary N) is 2. The number of likely N-dealkylation sites (tertiary alicyclic amines) is 1. The highest BCUT2D eigenvalue weighted by Gasteiger charge is 2.27. The van der Waals surface area contributed by atoms with Gasteiger partial charge in [0.1, 0.15) is 35.1 Å². The van der Waals surface area contributed by atoms with Gasteiger partial charge in [-0.15, -0.1) is 0 Å². The van der Waals surface area contributed by atoms with Crippen molar-refractivity contribution in [3.05, 3.63) is 63.2 Å². The monoisotopic (exact) mass is 559 g/mol. The van der Waals surface area contributed by atoms with E-state index >= 15 is 0 Å². The van der Waals surface area contributed by atoms with Crippen LogP contribution in [0.5, 0.6) is 5.75 Å². The van der Waals surface area contributed by atoms with Crippen molar-refractivity contribution in [2.45, 2.75) is 58.8 Å². The number of carbonyl (C=O) groups is 2. The quantitative estimate of drug-likeness (QED) is 0.441. The average molecular weight is 560 g/mol. The van der Waals surface area contributed by atoms with E-state index < -0.39 is 11.4 Å². The van der Waals surface area contributed by atoms with E-state index in [2.05, 4.69) is 20.3 Å². The molecule has 10 nitrogen and oxygen atoms in total. The number of aromatic amines is 1. The number of nitrogens with zero attached hydrogens (tertiary/aromatic N) is 3. The highest BCUT2D eigenvalue weighted by atomic mass is 35.5. The molecule has 0 radical (unpaired) electrons. The van der Waals surface area contributed by atoms with Crippen molar-refractivity contribution in [1.82, 2.24) is 25.2 Å². The molecule has 1 fully saturated rings. The summed E-state index contributed by atoms with van der Waals surface area (Å²) in [5.41, 5.74) is -0.128. The number of benzene rings is 1. The molecule has 4 rings (SSSR count). The number of fused-ring (bicyclic) bond motifs is 1. The van der Waals surface area contributed by atoms with Crippen LogP contribution in [0.3, 0.4) is 0 Å². The lowest BCUT2D eigenvalue weighted by Gasteiger charge is -2.33. The Morgan fingerprint density at radius 1 is 1.23 bits per heavy atom. The minimum absolute atomic E-state index is 0.0803. The summed E-state index contributed by atoms with van der Waals surface area (Å²) in [5, 5.41) is 3.12. The maximum Gasteiger partial charge on any atom is 0.410 e. The minimum Gasteiger partial charge on any atom is -0.486 e. The number of hydrogen-bond acceptors (Lipinski definition) is 7. The van der Waals surface area contributed by atoms with Gasteiger partial charge in [0.2, 0.25) is 5.91 Å². The van der Waals surface area contributed by atoms with Crippen LogP contribution in [0.25, 0.3) is 10.9 Å². The van der Waals surface area contributed by atoms with Gasteiger partial charge in [-0.05, 0) is 57.7 Å². The summed E-state index contributed by atoms with van der Waals surface area (Å²) in [6.07, 6.45) is 2.89. The Balaban J connectivity index is 1.34. The van der Waals surface area contributed by atoms with E-state index in [-0.39, 0.29) is 47.5 Å². The predicted octanol–water partition coefficient (Wildman–Crippen LogP) is 4.34. The maximum atomic E-state index is 13.4. The molecule has 1 aliphatic rings.